The van der Waals surface area contributed by atoms with Gasteiger partial charge in [-0.2, -0.15) is 0 Å². The molecule has 1 N–H and O–H groups in total. The van der Waals surface area contributed by atoms with Gasteiger partial charge in [-0.05, 0) is 45.4 Å². The van der Waals surface area contributed by atoms with Crippen molar-refractivity contribution in [2.45, 2.75) is 45.7 Å². The maximum Gasteiger partial charge on any atom is 0.262 e. The first kappa shape index (κ1) is 18.8. The zero-order chi connectivity index (χ0) is 19.8. The van der Waals surface area contributed by atoms with Gasteiger partial charge < -0.3 is 5.32 Å². The Morgan fingerprint density at radius 1 is 1.00 bits per heavy atom. The first-order valence-corrected chi connectivity index (χ1v) is 9.02. The minimum Gasteiger partial charge on any atom is -0.350 e. The van der Waals surface area contributed by atoms with Crippen LogP contribution in [0, 0.1) is 6.92 Å². The molecule has 140 valence electrons. The molecule has 0 spiro atoms. The lowest BCUT2D eigenvalue weighted by Crippen LogP contribution is -2.54. The van der Waals surface area contributed by atoms with E-state index >= 15 is 0 Å². The Bertz CT molecular complexity index is 877. The number of fused-ring (bicyclic) bond motifs is 1. The molecule has 1 unspecified atom stereocenters. The number of nitrogens with one attached hydrogen (secondary N) is 1. The monoisotopic (exact) mass is 364 g/mol. The number of aryl methyl sites for hydroxylation is 1. The van der Waals surface area contributed by atoms with Crippen LogP contribution in [-0.2, 0) is 11.2 Å². The van der Waals surface area contributed by atoms with E-state index in [1.165, 1.54) is 0 Å². The summed E-state index contributed by atoms with van der Waals surface area (Å²) in [4.78, 5) is 39.9. The van der Waals surface area contributed by atoms with E-state index < -0.39 is 23.4 Å². The van der Waals surface area contributed by atoms with E-state index in [2.05, 4.69) is 5.32 Å². The molecule has 2 aromatic carbocycles. The van der Waals surface area contributed by atoms with Crippen LogP contribution in [0.2, 0.25) is 0 Å². The maximum atomic E-state index is 13.0. The number of carbonyl (C=O) groups is 3. The molecule has 1 heterocycles. The molecule has 2 aromatic rings. The molecule has 0 aromatic heterocycles. The molecule has 1 atom stereocenters. The SMILES string of the molecule is Cc1cccc(CC(C(=O)NC(C)(C)C)N2C(=O)c3ccccc3C2=O)c1. The van der Waals surface area contributed by atoms with Gasteiger partial charge in [-0.3, -0.25) is 19.3 Å². The minimum absolute atomic E-state index is 0.273. The first-order valence-electron chi connectivity index (χ1n) is 9.02. The van der Waals surface area contributed by atoms with Crippen molar-refractivity contribution in [2.75, 3.05) is 0 Å². The molecule has 0 aliphatic carbocycles. The summed E-state index contributed by atoms with van der Waals surface area (Å²) >= 11 is 0. The number of hydrogen-bond acceptors (Lipinski definition) is 3. The number of carbonyl (C=O) groups excluding carboxylic acids is 3. The Morgan fingerprint density at radius 3 is 2.11 bits per heavy atom. The Kier molecular flexibility index (Phi) is 4.87. The predicted molar refractivity (Wildman–Crippen MR) is 104 cm³/mol. The molecule has 5 nitrogen and oxygen atoms in total. The van der Waals surface area contributed by atoms with Gasteiger partial charge in [0.05, 0.1) is 11.1 Å². The van der Waals surface area contributed by atoms with Crippen LogP contribution >= 0.6 is 0 Å². The molecular weight excluding hydrogens is 340 g/mol. The van der Waals surface area contributed by atoms with Gasteiger partial charge in [0.2, 0.25) is 5.91 Å². The lowest BCUT2D eigenvalue weighted by molar-refractivity contribution is -0.126. The van der Waals surface area contributed by atoms with Gasteiger partial charge in [-0.1, -0.05) is 42.0 Å². The highest BCUT2D eigenvalue weighted by Crippen LogP contribution is 2.26. The van der Waals surface area contributed by atoms with Gasteiger partial charge >= 0.3 is 0 Å². The van der Waals surface area contributed by atoms with E-state index in [-0.39, 0.29) is 12.3 Å². The molecule has 0 saturated carbocycles. The summed E-state index contributed by atoms with van der Waals surface area (Å²) in [6.45, 7) is 7.58. The second kappa shape index (κ2) is 6.99. The molecule has 0 fully saturated rings. The van der Waals surface area contributed by atoms with Crippen molar-refractivity contribution in [3.8, 4) is 0 Å². The zero-order valence-electron chi connectivity index (χ0n) is 16.1. The molecule has 3 rings (SSSR count). The van der Waals surface area contributed by atoms with E-state index in [1.807, 2.05) is 52.0 Å². The number of nitrogens with zero attached hydrogens (tertiary/aromatic N) is 1. The first-order chi connectivity index (χ1) is 12.7. The highest BCUT2D eigenvalue weighted by atomic mass is 16.2. The summed E-state index contributed by atoms with van der Waals surface area (Å²) in [6.07, 6.45) is 0.273. The lowest BCUT2D eigenvalue weighted by Gasteiger charge is -2.29. The fourth-order valence-electron chi connectivity index (χ4n) is 3.31. The van der Waals surface area contributed by atoms with Crippen LogP contribution in [0.15, 0.2) is 48.5 Å². The van der Waals surface area contributed by atoms with Gasteiger partial charge in [-0.25, -0.2) is 0 Å². The van der Waals surface area contributed by atoms with Crippen molar-refractivity contribution in [3.05, 3.63) is 70.8 Å². The standard InChI is InChI=1S/C22H24N2O3/c1-14-8-7-9-15(12-14)13-18(19(25)23-22(2,3)4)24-20(26)16-10-5-6-11-17(16)21(24)27/h5-12,18H,13H2,1-4H3,(H,23,25). The summed E-state index contributed by atoms with van der Waals surface area (Å²) in [5.41, 5.74) is 2.19. The third-order valence-corrected chi connectivity index (χ3v) is 4.45. The van der Waals surface area contributed by atoms with E-state index in [4.69, 9.17) is 0 Å². The number of imide groups is 1. The number of rotatable bonds is 4. The largest absolute Gasteiger partial charge is 0.350 e. The topological polar surface area (TPSA) is 66.5 Å². The van der Waals surface area contributed by atoms with Gasteiger partial charge in [0.15, 0.2) is 0 Å². The van der Waals surface area contributed by atoms with Crippen LogP contribution in [0.4, 0.5) is 0 Å². The van der Waals surface area contributed by atoms with Crippen molar-refractivity contribution < 1.29 is 14.4 Å². The molecule has 3 amide bonds. The zero-order valence-corrected chi connectivity index (χ0v) is 16.1. The average molecular weight is 364 g/mol. The predicted octanol–water partition coefficient (Wildman–Crippen LogP) is 3.12. The van der Waals surface area contributed by atoms with Crippen LogP contribution < -0.4 is 5.32 Å². The van der Waals surface area contributed by atoms with Gasteiger partial charge in [0, 0.05) is 12.0 Å². The van der Waals surface area contributed by atoms with E-state index in [9.17, 15) is 14.4 Å². The summed E-state index contributed by atoms with van der Waals surface area (Å²) in [5, 5.41) is 2.91. The lowest BCUT2D eigenvalue weighted by atomic mass is 10.0. The Balaban J connectivity index is 1.98. The number of benzene rings is 2. The fourth-order valence-corrected chi connectivity index (χ4v) is 3.31. The smallest absolute Gasteiger partial charge is 0.262 e. The van der Waals surface area contributed by atoms with Gasteiger partial charge in [-0.15, -0.1) is 0 Å². The average Bonchev–Trinajstić information content (AvgIpc) is 2.83. The molecular formula is C22H24N2O3. The van der Waals surface area contributed by atoms with Crippen LogP contribution in [0.5, 0.6) is 0 Å². The quantitative estimate of drug-likeness (QED) is 0.848. The van der Waals surface area contributed by atoms with Crippen molar-refractivity contribution in [2.24, 2.45) is 0 Å². The highest BCUT2D eigenvalue weighted by molar-refractivity contribution is 6.22. The minimum atomic E-state index is -0.904. The molecule has 5 heteroatoms. The normalized spacial score (nSPS) is 14.9. The molecule has 0 saturated heterocycles. The second-order valence-corrected chi connectivity index (χ2v) is 7.97. The van der Waals surface area contributed by atoms with Crippen molar-refractivity contribution in [3.63, 3.8) is 0 Å². The van der Waals surface area contributed by atoms with E-state index in [1.54, 1.807) is 24.3 Å². The maximum absolute atomic E-state index is 13.0. The molecule has 27 heavy (non-hydrogen) atoms. The van der Waals surface area contributed by atoms with E-state index in [0.29, 0.717) is 11.1 Å². The molecule has 1 aliphatic heterocycles. The van der Waals surface area contributed by atoms with Crippen LogP contribution in [-0.4, -0.2) is 34.2 Å². The molecule has 1 aliphatic rings. The third kappa shape index (κ3) is 3.92. The van der Waals surface area contributed by atoms with Crippen LogP contribution in [0.1, 0.15) is 52.6 Å². The summed E-state index contributed by atoms with van der Waals surface area (Å²) in [5.74, 6) is -1.17. The number of hydrogen-bond donors (Lipinski definition) is 1. The van der Waals surface area contributed by atoms with Crippen molar-refractivity contribution >= 4 is 17.7 Å². The van der Waals surface area contributed by atoms with E-state index in [0.717, 1.165) is 16.0 Å². The van der Waals surface area contributed by atoms with Crippen LogP contribution in [0.25, 0.3) is 0 Å². The van der Waals surface area contributed by atoms with Crippen molar-refractivity contribution in [1.82, 2.24) is 10.2 Å². The third-order valence-electron chi connectivity index (χ3n) is 4.45. The van der Waals surface area contributed by atoms with Crippen molar-refractivity contribution in [1.29, 1.82) is 0 Å². The Hall–Kier alpha value is -2.95. The highest BCUT2D eigenvalue weighted by Gasteiger charge is 2.43. The Labute approximate surface area is 159 Å². The van der Waals surface area contributed by atoms with Gasteiger partial charge in [0.25, 0.3) is 11.8 Å². The second-order valence-electron chi connectivity index (χ2n) is 7.97. The fraction of sp³-hybridized carbons (Fsp3) is 0.318. The summed E-state index contributed by atoms with van der Waals surface area (Å²) < 4.78 is 0. The Morgan fingerprint density at radius 2 is 1.59 bits per heavy atom. The number of amides is 3. The molecule has 0 bridgehead atoms. The molecule has 0 radical (unpaired) electrons. The van der Waals surface area contributed by atoms with Crippen LogP contribution in [0.3, 0.4) is 0 Å². The van der Waals surface area contributed by atoms with Gasteiger partial charge in [0.1, 0.15) is 6.04 Å². The summed E-state index contributed by atoms with van der Waals surface area (Å²) in [6, 6.07) is 13.5. The summed E-state index contributed by atoms with van der Waals surface area (Å²) in [7, 11) is 0.